The van der Waals surface area contributed by atoms with Crippen molar-refractivity contribution >= 4 is 54.1 Å². The fraction of sp³-hybridized carbons (Fsp3) is 0.143. The van der Waals surface area contributed by atoms with Crippen molar-refractivity contribution < 1.29 is 19.4 Å². The van der Waals surface area contributed by atoms with Crippen LogP contribution < -0.4 is 0 Å². The van der Waals surface area contributed by atoms with Crippen molar-refractivity contribution in [1.82, 2.24) is 0 Å². The second-order valence-electron chi connectivity index (χ2n) is 3.50. The van der Waals surface area contributed by atoms with Crippen LogP contribution >= 0.6 is 54.1 Å². The van der Waals surface area contributed by atoms with Crippen LogP contribution in [0.15, 0.2) is 60.7 Å². The van der Waals surface area contributed by atoms with Gasteiger partial charge in [0.1, 0.15) is 0 Å². The Morgan fingerprint density at radius 2 is 0.900 bits per heavy atom. The number of rotatable bonds is 2. The van der Waals surface area contributed by atoms with Crippen LogP contribution in [-0.2, 0) is 22.4 Å². The van der Waals surface area contributed by atoms with Crippen LogP contribution in [-0.4, -0.2) is 10.2 Å². The number of hydrogen-bond donors (Lipinski definition) is 2. The van der Waals surface area contributed by atoms with Crippen molar-refractivity contribution in [2.75, 3.05) is 0 Å². The molecule has 0 spiro atoms. The van der Waals surface area contributed by atoms with Gasteiger partial charge in [-0.3, -0.25) is 0 Å². The van der Waals surface area contributed by atoms with Gasteiger partial charge in [-0.25, -0.2) is 0 Å². The fourth-order valence-corrected chi connectivity index (χ4v) is 1.17. The van der Waals surface area contributed by atoms with Crippen LogP contribution in [0.1, 0.15) is 11.1 Å². The summed E-state index contributed by atoms with van der Waals surface area (Å²) in [6.07, 6.45) is 0. The molecule has 0 amide bonds. The van der Waals surface area contributed by atoms with Gasteiger partial charge in [0, 0.05) is 0 Å². The average Bonchev–Trinajstić information content (AvgIpc) is 2.49. The monoisotopic (exact) mass is 687 g/mol. The predicted molar refractivity (Wildman–Crippen MR) is 107 cm³/mol. The van der Waals surface area contributed by atoms with Gasteiger partial charge in [-0.2, -0.15) is 0 Å². The predicted octanol–water partition coefficient (Wildman–Crippen LogP) is 5.01. The molecule has 0 unspecified atom stereocenters. The zero-order chi connectivity index (χ0) is 15.2. The molecule has 6 heteroatoms. The molecule has 0 aliphatic heterocycles. The maximum atomic E-state index is 8.54. The van der Waals surface area contributed by atoms with Gasteiger partial charge in [0.15, 0.2) is 0 Å². The minimum atomic E-state index is -0.633. The Hall–Kier alpha value is 1.43. The molecule has 109 valence electrons. The molecule has 2 aromatic carbocycles. The SMILES string of the molecule is OCc1ccccc1.OCc1ccccc1.[I][Zr]([I])[I]. The first-order chi connectivity index (χ1) is 9.60. The molecule has 0 saturated carbocycles. The standard InChI is InChI=1S/2C7H8O.3HI.Zr/c2*8-6-7-4-2-1-3-5-7;;;;/h2*1-5,8H,6H2;3*1H;/q;;;;;+3/p-3. The van der Waals surface area contributed by atoms with Crippen LogP contribution in [0.4, 0.5) is 0 Å². The van der Waals surface area contributed by atoms with E-state index in [4.69, 9.17) is 10.2 Å². The molecule has 0 aromatic heterocycles. The van der Waals surface area contributed by atoms with Crippen molar-refractivity contribution in [3.63, 3.8) is 0 Å². The molecule has 0 heterocycles. The number of aliphatic hydroxyl groups is 2. The van der Waals surface area contributed by atoms with Gasteiger partial charge < -0.3 is 10.2 Å². The van der Waals surface area contributed by atoms with Gasteiger partial charge in [0.05, 0.1) is 13.2 Å². The molecule has 2 aromatic rings. The van der Waals surface area contributed by atoms with Crippen LogP contribution in [0.3, 0.4) is 0 Å². The van der Waals surface area contributed by atoms with Crippen molar-refractivity contribution in [2.45, 2.75) is 13.2 Å². The molecule has 2 N–H and O–H groups in total. The Labute approximate surface area is 156 Å². The summed E-state index contributed by atoms with van der Waals surface area (Å²) in [5, 5.41) is 17.1. The number of benzene rings is 2. The van der Waals surface area contributed by atoms with E-state index in [1.54, 1.807) is 0 Å². The quantitative estimate of drug-likeness (QED) is 0.436. The Morgan fingerprint density at radius 3 is 1.05 bits per heavy atom. The molecule has 0 radical (unpaired) electrons. The summed E-state index contributed by atoms with van der Waals surface area (Å²) < 4.78 is 0. The Balaban J connectivity index is 0.000000289. The van der Waals surface area contributed by atoms with E-state index in [1.165, 1.54) is 0 Å². The molecular weight excluding hydrogens is 672 g/mol. The van der Waals surface area contributed by atoms with Gasteiger partial charge in [0.25, 0.3) is 0 Å². The third-order valence-corrected chi connectivity index (χ3v) is 2.05. The Bertz CT molecular complexity index is 385. The summed E-state index contributed by atoms with van der Waals surface area (Å²) in [6, 6.07) is 19.0. The molecular formula is C14H16I3O2Zr. The zero-order valence-corrected chi connectivity index (χ0v) is 19.6. The fourth-order valence-electron chi connectivity index (χ4n) is 1.17. The van der Waals surface area contributed by atoms with E-state index in [-0.39, 0.29) is 13.2 Å². The third-order valence-electron chi connectivity index (χ3n) is 2.05. The van der Waals surface area contributed by atoms with E-state index < -0.39 is 9.18 Å². The molecule has 0 bridgehead atoms. The molecule has 0 saturated heterocycles. The van der Waals surface area contributed by atoms with Crippen LogP contribution in [0, 0.1) is 0 Å². The van der Waals surface area contributed by atoms with Crippen molar-refractivity contribution in [1.29, 1.82) is 0 Å². The second kappa shape index (κ2) is 15.3. The number of halogens is 3. The van der Waals surface area contributed by atoms with Crippen LogP contribution in [0.5, 0.6) is 0 Å². The normalized spacial score (nSPS) is 8.65. The van der Waals surface area contributed by atoms with Crippen LogP contribution in [0.25, 0.3) is 0 Å². The van der Waals surface area contributed by atoms with E-state index in [2.05, 4.69) is 54.1 Å². The third kappa shape index (κ3) is 14.4. The van der Waals surface area contributed by atoms with Crippen molar-refractivity contribution in [2.24, 2.45) is 0 Å². The van der Waals surface area contributed by atoms with Gasteiger partial charge in [-0.1, -0.05) is 60.7 Å². The van der Waals surface area contributed by atoms with Crippen molar-refractivity contribution in [3.05, 3.63) is 71.8 Å². The maximum absolute atomic E-state index is 8.54. The summed E-state index contributed by atoms with van der Waals surface area (Å²) in [4.78, 5) is 0. The van der Waals surface area contributed by atoms with E-state index in [9.17, 15) is 0 Å². The van der Waals surface area contributed by atoms with E-state index in [0.29, 0.717) is 0 Å². The summed E-state index contributed by atoms with van der Waals surface area (Å²) in [6.45, 7) is 0.279. The van der Waals surface area contributed by atoms with Crippen molar-refractivity contribution in [3.8, 4) is 0 Å². The summed E-state index contributed by atoms with van der Waals surface area (Å²) in [5.74, 6) is 0. The van der Waals surface area contributed by atoms with Crippen LogP contribution in [0.2, 0.25) is 0 Å². The van der Waals surface area contributed by atoms with E-state index in [1.807, 2.05) is 60.7 Å². The average molecular weight is 688 g/mol. The number of hydrogen-bond acceptors (Lipinski definition) is 2. The summed E-state index contributed by atoms with van der Waals surface area (Å²) in [5.41, 5.74) is 1.93. The first-order valence-corrected chi connectivity index (χ1v) is 27.7. The van der Waals surface area contributed by atoms with Gasteiger partial charge in [0.2, 0.25) is 0 Å². The first kappa shape index (κ1) is 21.4. The Morgan fingerprint density at radius 1 is 0.650 bits per heavy atom. The molecule has 0 aliphatic carbocycles. The summed E-state index contributed by atoms with van der Waals surface area (Å²) >= 11 is 7.54. The van der Waals surface area contributed by atoms with Gasteiger partial charge in [-0.15, -0.1) is 0 Å². The topological polar surface area (TPSA) is 40.5 Å². The Kier molecular flexibility index (Phi) is 16.4. The second-order valence-corrected chi connectivity index (χ2v) is 60.3. The zero-order valence-electron chi connectivity index (χ0n) is 10.7. The first-order valence-electron chi connectivity index (χ1n) is 5.73. The molecule has 2 rings (SSSR count). The molecule has 20 heavy (non-hydrogen) atoms. The number of aliphatic hydroxyl groups excluding tert-OH is 2. The van der Waals surface area contributed by atoms with E-state index in [0.717, 1.165) is 11.1 Å². The van der Waals surface area contributed by atoms with E-state index >= 15 is 0 Å². The molecule has 0 atom stereocenters. The van der Waals surface area contributed by atoms with Gasteiger partial charge in [-0.05, 0) is 11.1 Å². The van der Waals surface area contributed by atoms with Gasteiger partial charge >= 0.3 is 63.3 Å². The molecule has 0 aliphatic rings. The minimum absolute atomic E-state index is 0.140. The summed E-state index contributed by atoms with van der Waals surface area (Å²) in [7, 11) is -0.633. The molecule has 0 fully saturated rings. The molecule has 2 nitrogen and oxygen atoms in total.